The van der Waals surface area contributed by atoms with Gasteiger partial charge in [-0.1, -0.05) is 42.5 Å². The molecule has 0 aliphatic carbocycles. The number of benzene rings is 2. The van der Waals surface area contributed by atoms with Crippen molar-refractivity contribution in [2.75, 3.05) is 6.61 Å². The van der Waals surface area contributed by atoms with Crippen molar-refractivity contribution in [2.24, 2.45) is 0 Å². The van der Waals surface area contributed by atoms with Crippen LogP contribution in [0.2, 0.25) is 0 Å². The summed E-state index contributed by atoms with van der Waals surface area (Å²) < 4.78 is 19.1. The minimum Gasteiger partial charge on any atom is -0.466 e. The van der Waals surface area contributed by atoms with Gasteiger partial charge in [-0.15, -0.1) is 0 Å². The monoisotopic (exact) mass is 272 g/mol. The number of ether oxygens (including phenoxy) is 1. The van der Waals surface area contributed by atoms with E-state index in [0.717, 1.165) is 5.56 Å². The van der Waals surface area contributed by atoms with Crippen LogP contribution in [0.5, 0.6) is 0 Å². The highest BCUT2D eigenvalue weighted by Gasteiger charge is 2.18. The maximum Gasteiger partial charge on any atom is 0.313 e. The standard InChI is InChI=1S/C17H17FO2/c1-3-20-17(19)12(2)14-9-10-15(16(18)11-14)13-7-5-4-6-8-13/h4-12H,3H2,1-2H3/t12-/m1/s1. The van der Waals surface area contributed by atoms with Gasteiger partial charge in [0.15, 0.2) is 0 Å². The maximum absolute atomic E-state index is 14.2. The van der Waals surface area contributed by atoms with Gasteiger partial charge in [0.25, 0.3) is 0 Å². The summed E-state index contributed by atoms with van der Waals surface area (Å²) >= 11 is 0. The zero-order valence-electron chi connectivity index (χ0n) is 11.6. The van der Waals surface area contributed by atoms with Crippen LogP contribution >= 0.6 is 0 Å². The van der Waals surface area contributed by atoms with E-state index < -0.39 is 5.92 Å². The van der Waals surface area contributed by atoms with E-state index in [0.29, 0.717) is 17.7 Å². The SMILES string of the molecule is CCOC(=O)[C@H](C)c1ccc(-c2ccccc2)c(F)c1. The predicted octanol–water partition coefficient (Wildman–Crippen LogP) is 4.16. The lowest BCUT2D eigenvalue weighted by atomic mass is 9.97. The summed E-state index contributed by atoms with van der Waals surface area (Å²) in [6, 6.07) is 14.2. The van der Waals surface area contributed by atoms with Crippen LogP contribution in [0.3, 0.4) is 0 Å². The number of esters is 1. The molecule has 0 unspecified atom stereocenters. The van der Waals surface area contributed by atoms with Gasteiger partial charge in [-0.2, -0.15) is 0 Å². The Morgan fingerprint density at radius 3 is 2.50 bits per heavy atom. The van der Waals surface area contributed by atoms with Crippen LogP contribution in [0.25, 0.3) is 11.1 Å². The van der Waals surface area contributed by atoms with Crippen molar-refractivity contribution in [3.8, 4) is 11.1 Å². The molecule has 0 amide bonds. The van der Waals surface area contributed by atoms with Crippen molar-refractivity contribution in [2.45, 2.75) is 19.8 Å². The van der Waals surface area contributed by atoms with Gasteiger partial charge < -0.3 is 4.74 Å². The first-order valence-corrected chi connectivity index (χ1v) is 6.65. The van der Waals surface area contributed by atoms with Crippen molar-refractivity contribution in [1.29, 1.82) is 0 Å². The van der Waals surface area contributed by atoms with E-state index in [1.807, 2.05) is 30.3 Å². The van der Waals surface area contributed by atoms with Crippen LogP contribution in [-0.2, 0) is 9.53 Å². The molecule has 0 heterocycles. The Bertz CT molecular complexity index is 593. The Labute approximate surface area is 118 Å². The second-order valence-corrected chi connectivity index (χ2v) is 4.58. The minimum atomic E-state index is -0.464. The molecular weight excluding hydrogens is 255 g/mol. The molecule has 0 saturated heterocycles. The van der Waals surface area contributed by atoms with Gasteiger partial charge in [-0.3, -0.25) is 4.79 Å². The average Bonchev–Trinajstić information content (AvgIpc) is 2.47. The molecule has 0 aromatic heterocycles. The first-order valence-electron chi connectivity index (χ1n) is 6.65. The largest absolute Gasteiger partial charge is 0.466 e. The summed E-state index contributed by atoms with van der Waals surface area (Å²) in [6.07, 6.45) is 0. The van der Waals surface area contributed by atoms with Crippen molar-refractivity contribution in [3.05, 3.63) is 59.9 Å². The van der Waals surface area contributed by atoms with Crippen LogP contribution < -0.4 is 0 Å². The number of hydrogen-bond acceptors (Lipinski definition) is 2. The predicted molar refractivity (Wildman–Crippen MR) is 76.9 cm³/mol. The van der Waals surface area contributed by atoms with E-state index >= 15 is 0 Å². The third kappa shape index (κ3) is 3.05. The van der Waals surface area contributed by atoms with E-state index in [4.69, 9.17) is 4.74 Å². The van der Waals surface area contributed by atoms with Gasteiger partial charge in [0.2, 0.25) is 0 Å². The molecule has 104 valence electrons. The Hall–Kier alpha value is -2.16. The molecule has 0 bridgehead atoms. The molecular formula is C17H17FO2. The Morgan fingerprint density at radius 1 is 1.20 bits per heavy atom. The third-order valence-electron chi connectivity index (χ3n) is 3.22. The fourth-order valence-corrected chi connectivity index (χ4v) is 2.06. The smallest absolute Gasteiger partial charge is 0.313 e. The molecule has 0 aliphatic rings. The molecule has 0 N–H and O–H groups in total. The maximum atomic E-state index is 14.2. The zero-order valence-corrected chi connectivity index (χ0v) is 11.6. The average molecular weight is 272 g/mol. The molecule has 0 saturated carbocycles. The molecule has 0 radical (unpaired) electrons. The summed E-state index contributed by atoms with van der Waals surface area (Å²) in [5.41, 5.74) is 1.98. The van der Waals surface area contributed by atoms with Crippen LogP contribution in [0.15, 0.2) is 48.5 Å². The first kappa shape index (κ1) is 14.3. The number of rotatable bonds is 4. The summed E-state index contributed by atoms with van der Waals surface area (Å²) in [4.78, 5) is 11.7. The summed E-state index contributed by atoms with van der Waals surface area (Å²) in [6.45, 7) is 3.80. The molecule has 0 fully saturated rings. The number of carbonyl (C=O) groups excluding carboxylic acids is 1. The van der Waals surface area contributed by atoms with Crippen LogP contribution in [0, 0.1) is 5.82 Å². The van der Waals surface area contributed by atoms with Gasteiger partial charge in [0, 0.05) is 5.56 Å². The molecule has 20 heavy (non-hydrogen) atoms. The van der Waals surface area contributed by atoms with Gasteiger partial charge >= 0.3 is 5.97 Å². The zero-order chi connectivity index (χ0) is 14.5. The highest BCUT2D eigenvalue weighted by atomic mass is 19.1. The third-order valence-corrected chi connectivity index (χ3v) is 3.22. The van der Waals surface area contributed by atoms with Crippen molar-refractivity contribution >= 4 is 5.97 Å². The summed E-state index contributed by atoms with van der Waals surface area (Å²) in [7, 11) is 0. The minimum absolute atomic E-state index is 0.327. The van der Waals surface area contributed by atoms with Gasteiger partial charge in [-0.05, 0) is 31.0 Å². The van der Waals surface area contributed by atoms with Gasteiger partial charge in [0.05, 0.1) is 12.5 Å². The first-order chi connectivity index (χ1) is 9.63. The van der Waals surface area contributed by atoms with E-state index in [1.165, 1.54) is 6.07 Å². The lowest BCUT2D eigenvalue weighted by Gasteiger charge is -2.12. The fraction of sp³-hybridized carbons (Fsp3) is 0.235. The van der Waals surface area contributed by atoms with Gasteiger partial charge in [-0.25, -0.2) is 4.39 Å². The van der Waals surface area contributed by atoms with Crippen molar-refractivity contribution in [3.63, 3.8) is 0 Å². The van der Waals surface area contributed by atoms with E-state index in [2.05, 4.69) is 0 Å². The normalized spacial score (nSPS) is 11.9. The van der Waals surface area contributed by atoms with Crippen LogP contribution in [0.4, 0.5) is 4.39 Å². The molecule has 0 spiro atoms. The quantitative estimate of drug-likeness (QED) is 0.781. The number of carbonyl (C=O) groups is 1. The molecule has 1 atom stereocenters. The molecule has 3 heteroatoms. The van der Waals surface area contributed by atoms with Gasteiger partial charge in [0.1, 0.15) is 5.82 Å². The lowest BCUT2D eigenvalue weighted by Crippen LogP contribution is -2.13. The molecule has 2 aromatic rings. The number of halogens is 1. The van der Waals surface area contributed by atoms with Crippen molar-refractivity contribution < 1.29 is 13.9 Å². The Balaban J connectivity index is 2.29. The van der Waals surface area contributed by atoms with E-state index in [1.54, 1.807) is 26.0 Å². The lowest BCUT2D eigenvalue weighted by molar-refractivity contribution is -0.144. The second-order valence-electron chi connectivity index (χ2n) is 4.58. The molecule has 2 aromatic carbocycles. The van der Waals surface area contributed by atoms with Crippen LogP contribution in [-0.4, -0.2) is 12.6 Å². The summed E-state index contributed by atoms with van der Waals surface area (Å²) in [5.74, 6) is -1.13. The molecule has 2 rings (SSSR count). The van der Waals surface area contributed by atoms with E-state index in [-0.39, 0.29) is 11.8 Å². The summed E-state index contributed by atoms with van der Waals surface area (Å²) in [5, 5.41) is 0. The molecule has 0 aliphatic heterocycles. The Kier molecular flexibility index (Phi) is 4.51. The molecule has 2 nitrogen and oxygen atoms in total. The highest BCUT2D eigenvalue weighted by molar-refractivity contribution is 5.78. The highest BCUT2D eigenvalue weighted by Crippen LogP contribution is 2.26. The van der Waals surface area contributed by atoms with Crippen LogP contribution in [0.1, 0.15) is 25.3 Å². The van der Waals surface area contributed by atoms with Crippen molar-refractivity contribution in [1.82, 2.24) is 0 Å². The second kappa shape index (κ2) is 6.33. The fourth-order valence-electron chi connectivity index (χ4n) is 2.06. The number of hydrogen-bond donors (Lipinski definition) is 0. The van der Waals surface area contributed by atoms with E-state index in [9.17, 15) is 9.18 Å². The Morgan fingerprint density at radius 2 is 1.90 bits per heavy atom. The topological polar surface area (TPSA) is 26.3 Å².